The number of methoxy groups -OCH3 is 2. The molecule has 112 valence electrons. The third kappa shape index (κ3) is 3.79. The predicted molar refractivity (Wildman–Crippen MR) is 80.1 cm³/mol. The van der Waals surface area contributed by atoms with E-state index in [9.17, 15) is 0 Å². The Balaban J connectivity index is 1.89. The van der Waals surface area contributed by atoms with Crippen molar-refractivity contribution in [3.63, 3.8) is 0 Å². The molecule has 0 unspecified atom stereocenters. The third-order valence-electron chi connectivity index (χ3n) is 3.66. The van der Waals surface area contributed by atoms with E-state index in [0.29, 0.717) is 12.4 Å². The van der Waals surface area contributed by atoms with Crippen molar-refractivity contribution in [3.05, 3.63) is 17.7 Å². The topological polar surface area (TPSA) is 30.9 Å². The Morgan fingerprint density at radius 2 is 1.75 bits per heavy atom. The second-order valence-electron chi connectivity index (χ2n) is 5.25. The summed E-state index contributed by atoms with van der Waals surface area (Å²) >= 11 is 0. The van der Waals surface area contributed by atoms with Crippen LogP contribution in [0.2, 0.25) is 0 Å². The van der Waals surface area contributed by atoms with Gasteiger partial charge < -0.3 is 19.1 Å². The summed E-state index contributed by atoms with van der Waals surface area (Å²) in [7, 11) is 3.29. The Morgan fingerprint density at radius 1 is 1.05 bits per heavy atom. The summed E-state index contributed by atoms with van der Waals surface area (Å²) in [4.78, 5) is 2.50. The Kier molecular flexibility index (Phi) is 5.53. The lowest BCUT2D eigenvalue weighted by molar-refractivity contribution is 0.250. The molecule has 0 aromatic heterocycles. The average molecular weight is 279 g/mol. The number of hydrogen-bond acceptors (Lipinski definition) is 4. The minimum Gasteiger partial charge on any atom is -0.493 e. The summed E-state index contributed by atoms with van der Waals surface area (Å²) in [5.74, 6) is 2.17. The summed E-state index contributed by atoms with van der Waals surface area (Å²) in [6, 6.07) is 3.95. The maximum Gasteiger partial charge on any atom is 0.203 e. The van der Waals surface area contributed by atoms with Crippen molar-refractivity contribution in [2.45, 2.75) is 26.2 Å². The molecular weight excluding hydrogens is 254 g/mol. The van der Waals surface area contributed by atoms with Gasteiger partial charge in [0.1, 0.15) is 0 Å². The van der Waals surface area contributed by atoms with Gasteiger partial charge >= 0.3 is 0 Å². The van der Waals surface area contributed by atoms with Crippen LogP contribution in [0.25, 0.3) is 0 Å². The van der Waals surface area contributed by atoms with Gasteiger partial charge in [0.25, 0.3) is 0 Å². The molecule has 1 aliphatic heterocycles. The molecule has 1 saturated heterocycles. The Bertz CT molecular complexity index is 428. The Morgan fingerprint density at radius 3 is 2.40 bits per heavy atom. The van der Waals surface area contributed by atoms with Gasteiger partial charge in [-0.2, -0.15) is 0 Å². The highest BCUT2D eigenvalue weighted by Gasteiger charge is 2.13. The zero-order valence-electron chi connectivity index (χ0n) is 12.8. The first kappa shape index (κ1) is 15.0. The van der Waals surface area contributed by atoms with Crippen LogP contribution in [0, 0.1) is 6.92 Å². The molecule has 1 aromatic rings. The molecule has 4 nitrogen and oxygen atoms in total. The van der Waals surface area contributed by atoms with Crippen molar-refractivity contribution in [2.75, 3.05) is 40.5 Å². The first-order chi connectivity index (χ1) is 9.74. The van der Waals surface area contributed by atoms with Crippen LogP contribution >= 0.6 is 0 Å². The van der Waals surface area contributed by atoms with Crippen LogP contribution in [0.5, 0.6) is 17.2 Å². The largest absolute Gasteiger partial charge is 0.493 e. The summed E-state index contributed by atoms with van der Waals surface area (Å²) in [5, 5.41) is 0. The fourth-order valence-electron chi connectivity index (χ4n) is 2.64. The van der Waals surface area contributed by atoms with Gasteiger partial charge in [0.15, 0.2) is 11.5 Å². The first-order valence-electron chi connectivity index (χ1n) is 7.32. The van der Waals surface area contributed by atoms with E-state index < -0.39 is 0 Å². The molecule has 0 N–H and O–H groups in total. The third-order valence-corrected chi connectivity index (χ3v) is 3.66. The molecule has 20 heavy (non-hydrogen) atoms. The lowest BCUT2D eigenvalue weighted by Crippen LogP contribution is -2.21. The van der Waals surface area contributed by atoms with Gasteiger partial charge in [-0.25, -0.2) is 0 Å². The number of nitrogens with zero attached hydrogens (tertiary/aromatic N) is 1. The molecule has 0 radical (unpaired) electrons. The van der Waals surface area contributed by atoms with Gasteiger partial charge in [-0.05, 0) is 57.0 Å². The van der Waals surface area contributed by atoms with Crippen molar-refractivity contribution >= 4 is 0 Å². The molecule has 1 heterocycles. The molecule has 0 atom stereocenters. The summed E-state index contributed by atoms with van der Waals surface area (Å²) < 4.78 is 16.6. The fourth-order valence-corrected chi connectivity index (χ4v) is 2.64. The second-order valence-corrected chi connectivity index (χ2v) is 5.25. The molecule has 0 saturated carbocycles. The van der Waals surface area contributed by atoms with Gasteiger partial charge in [0.05, 0.1) is 20.8 Å². The SMILES string of the molecule is COc1cc(C)cc(OCCCN2CCCC2)c1OC. The standard InChI is InChI=1S/C16H25NO3/c1-13-11-14(18-2)16(19-3)15(12-13)20-10-6-9-17-7-4-5-8-17/h11-12H,4-10H2,1-3H3. The van der Waals surface area contributed by atoms with Crippen molar-refractivity contribution < 1.29 is 14.2 Å². The van der Waals surface area contributed by atoms with Crippen LogP contribution in [0.4, 0.5) is 0 Å². The number of likely N-dealkylation sites (tertiary alicyclic amines) is 1. The minimum absolute atomic E-state index is 0.680. The lowest BCUT2D eigenvalue weighted by Gasteiger charge is -2.17. The van der Waals surface area contributed by atoms with Gasteiger partial charge in [-0.15, -0.1) is 0 Å². The quantitative estimate of drug-likeness (QED) is 0.718. The number of benzene rings is 1. The summed E-state index contributed by atoms with van der Waals surface area (Å²) in [5.41, 5.74) is 1.11. The van der Waals surface area contributed by atoms with Crippen molar-refractivity contribution in [3.8, 4) is 17.2 Å². The molecular formula is C16H25NO3. The number of rotatable bonds is 7. The van der Waals surface area contributed by atoms with Gasteiger partial charge in [0, 0.05) is 6.54 Å². The lowest BCUT2D eigenvalue weighted by atomic mass is 10.2. The predicted octanol–water partition coefficient (Wildman–Crippen LogP) is 2.88. The van der Waals surface area contributed by atoms with E-state index in [-0.39, 0.29) is 0 Å². The van der Waals surface area contributed by atoms with Crippen molar-refractivity contribution in [1.82, 2.24) is 4.90 Å². The smallest absolute Gasteiger partial charge is 0.203 e. The number of aryl methyl sites for hydroxylation is 1. The van der Waals surface area contributed by atoms with E-state index in [1.807, 2.05) is 19.1 Å². The molecule has 0 amide bonds. The molecule has 2 rings (SSSR count). The van der Waals surface area contributed by atoms with Crippen molar-refractivity contribution in [1.29, 1.82) is 0 Å². The molecule has 0 spiro atoms. The first-order valence-corrected chi connectivity index (χ1v) is 7.32. The van der Waals surface area contributed by atoms with Crippen LogP contribution in [0.3, 0.4) is 0 Å². The maximum atomic E-state index is 5.88. The minimum atomic E-state index is 0.680. The van der Waals surface area contributed by atoms with Crippen molar-refractivity contribution in [2.24, 2.45) is 0 Å². The monoisotopic (exact) mass is 279 g/mol. The molecule has 0 bridgehead atoms. The van der Waals surface area contributed by atoms with E-state index in [1.165, 1.54) is 25.9 Å². The summed E-state index contributed by atoms with van der Waals surface area (Å²) in [6.07, 6.45) is 3.72. The normalized spacial score (nSPS) is 15.3. The fraction of sp³-hybridized carbons (Fsp3) is 0.625. The Hall–Kier alpha value is -1.42. The van der Waals surface area contributed by atoms with Gasteiger partial charge in [-0.1, -0.05) is 0 Å². The van der Waals surface area contributed by atoms with E-state index >= 15 is 0 Å². The van der Waals surface area contributed by atoms with Crippen LogP contribution in [-0.4, -0.2) is 45.4 Å². The second kappa shape index (κ2) is 7.39. The highest BCUT2D eigenvalue weighted by molar-refractivity contribution is 5.53. The number of ether oxygens (including phenoxy) is 3. The maximum absolute atomic E-state index is 5.88. The summed E-state index contributed by atoms with van der Waals surface area (Å²) in [6.45, 7) is 6.33. The van der Waals surface area contributed by atoms with E-state index in [2.05, 4.69) is 4.90 Å². The van der Waals surface area contributed by atoms with Crippen LogP contribution in [0.15, 0.2) is 12.1 Å². The zero-order chi connectivity index (χ0) is 14.4. The highest BCUT2D eigenvalue weighted by atomic mass is 16.5. The molecule has 1 aliphatic rings. The molecule has 4 heteroatoms. The molecule has 0 aliphatic carbocycles. The van der Waals surface area contributed by atoms with E-state index in [1.54, 1.807) is 14.2 Å². The van der Waals surface area contributed by atoms with Gasteiger partial charge in [-0.3, -0.25) is 0 Å². The van der Waals surface area contributed by atoms with Gasteiger partial charge in [0.2, 0.25) is 5.75 Å². The van der Waals surface area contributed by atoms with Crippen LogP contribution in [-0.2, 0) is 0 Å². The highest BCUT2D eigenvalue weighted by Crippen LogP contribution is 2.38. The number of hydrogen-bond donors (Lipinski definition) is 0. The van der Waals surface area contributed by atoms with E-state index in [4.69, 9.17) is 14.2 Å². The zero-order valence-corrected chi connectivity index (χ0v) is 12.8. The molecule has 1 aromatic carbocycles. The average Bonchev–Trinajstić information content (AvgIpc) is 2.96. The Labute approximate surface area is 121 Å². The van der Waals surface area contributed by atoms with E-state index in [0.717, 1.165) is 30.0 Å². The van der Waals surface area contributed by atoms with Crippen LogP contribution in [0.1, 0.15) is 24.8 Å². The van der Waals surface area contributed by atoms with Crippen LogP contribution < -0.4 is 14.2 Å². The molecule has 1 fully saturated rings.